The Balaban J connectivity index is 1.55. The second-order valence-corrected chi connectivity index (χ2v) is 5.93. The van der Waals surface area contributed by atoms with E-state index in [-0.39, 0.29) is 0 Å². The van der Waals surface area contributed by atoms with Gasteiger partial charge in [0, 0.05) is 6.54 Å². The number of anilines is 1. The van der Waals surface area contributed by atoms with E-state index in [1.54, 1.807) is 6.33 Å². The molecule has 0 spiro atoms. The van der Waals surface area contributed by atoms with Gasteiger partial charge < -0.3 is 10.6 Å². The van der Waals surface area contributed by atoms with E-state index < -0.39 is 0 Å². The Morgan fingerprint density at radius 3 is 2.96 bits per heavy atom. The second-order valence-electron chi connectivity index (χ2n) is 5.93. The van der Waals surface area contributed by atoms with Gasteiger partial charge in [0.05, 0.1) is 17.3 Å². The van der Waals surface area contributed by atoms with E-state index in [1.807, 2.05) is 41.2 Å². The molecular weight excluding hydrogens is 288 g/mol. The van der Waals surface area contributed by atoms with Gasteiger partial charge in [-0.15, -0.1) is 0 Å². The van der Waals surface area contributed by atoms with Crippen molar-refractivity contribution < 1.29 is 0 Å². The third kappa shape index (κ3) is 2.90. The molecule has 0 aliphatic carbocycles. The second kappa shape index (κ2) is 6.34. The van der Waals surface area contributed by atoms with Gasteiger partial charge >= 0.3 is 0 Å². The largest absolute Gasteiger partial charge is 0.369 e. The van der Waals surface area contributed by atoms with Crippen LogP contribution < -0.4 is 10.6 Å². The molecule has 6 nitrogen and oxygen atoms in total. The van der Waals surface area contributed by atoms with E-state index in [9.17, 15) is 0 Å². The summed E-state index contributed by atoms with van der Waals surface area (Å²) >= 11 is 0. The molecule has 1 unspecified atom stereocenters. The standard InChI is InChI=1S/C17H20N6/c1-2-4-14(5-3-1)23-17-15(11-22-23)16(20-12-21-17)19-9-7-13-6-8-18-10-13/h1-5,11-13,18H,6-10H2,(H,19,20,21). The summed E-state index contributed by atoms with van der Waals surface area (Å²) in [5.41, 5.74) is 1.83. The molecule has 3 aromatic rings. The zero-order valence-electron chi connectivity index (χ0n) is 12.9. The SMILES string of the molecule is c1ccc(-n2ncc3c(NCCC4CCNC4)ncnc32)cc1. The van der Waals surface area contributed by atoms with Crippen LogP contribution in [0.4, 0.5) is 5.82 Å². The van der Waals surface area contributed by atoms with Crippen LogP contribution in [-0.2, 0) is 0 Å². The number of benzene rings is 1. The Bertz CT molecular complexity index is 776. The van der Waals surface area contributed by atoms with E-state index in [0.717, 1.165) is 54.5 Å². The molecule has 0 bridgehead atoms. The van der Waals surface area contributed by atoms with Gasteiger partial charge in [-0.25, -0.2) is 14.6 Å². The highest BCUT2D eigenvalue weighted by Crippen LogP contribution is 2.22. The molecule has 2 N–H and O–H groups in total. The Labute approximate surface area is 135 Å². The number of nitrogens with one attached hydrogen (secondary N) is 2. The minimum atomic E-state index is 0.770. The average Bonchev–Trinajstić information content (AvgIpc) is 3.25. The quantitative estimate of drug-likeness (QED) is 0.756. The Kier molecular flexibility index (Phi) is 3.90. The van der Waals surface area contributed by atoms with Gasteiger partial charge in [0.2, 0.25) is 0 Å². The lowest BCUT2D eigenvalue weighted by Gasteiger charge is -2.10. The van der Waals surface area contributed by atoms with Crippen LogP contribution in [0.5, 0.6) is 0 Å². The van der Waals surface area contributed by atoms with Crippen molar-refractivity contribution in [2.75, 3.05) is 25.0 Å². The molecule has 1 aromatic carbocycles. The maximum absolute atomic E-state index is 4.48. The smallest absolute Gasteiger partial charge is 0.168 e. The monoisotopic (exact) mass is 308 g/mol. The van der Waals surface area contributed by atoms with Crippen LogP contribution >= 0.6 is 0 Å². The van der Waals surface area contributed by atoms with Gasteiger partial charge in [-0.05, 0) is 44.0 Å². The molecule has 0 radical (unpaired) electrons. The van der Waals surface area contributed by atoms with Gasteiger partial charge in [-0.2, -0.15) is 5.10 Å². The predicted molar refractivity (Wildman–Crippen MR) is 90.7 cm³/mol. The van der Waals surface area contributed by atoms with E-state index in [4.69, 9.17) is 0 Å². The van der Waals surface area contributed by atoms with Crippen LogP contribution in [0.15, 0.2) is 42.9 Å². The lowest BCUT2D eigenvalue weighted by atomic mass is 10.1. The van der Waals surface area contributed by atoms with Crippen LogP contribution in [0.1, 0.15) is 12.8 Å². The molecule has 4 rings (SSSR count). The number of para-hydroxylation sites is 1. The van der Waals surface area contributed by atoms with Crippen molar-refractivity contribution in [3.63, 3.8) is 0 Å². The molecule has 1 fully saturated rings. The molecule has 0 saturated carbocycles. The van der Waals surface area contributed by atoms with Crippen molar-refractivity contribution >= 4 is 16.9 Å². The van der Waals surface area contributed by atoms with Crippen molar-refractivity contribution in [1.82, 2.24) is 25.1 Å². The summed E-state index contributed by atoms with van der Waals surface area (Å²) in [6, 6.07) is 10.0. The third-order valence-electron chi connectivity index (χ3n) is 4.37. The van der Waals surface area contributed by atoms with Crippen LogP contribution in [0, 0.1) is 5.92 Å². The van der Waals surface area contributed by atoms with Crippen molar-refractivity contribution in [3.05, 3.63) is 42.9 Å². The summed E-state index contributed by atoms with van der Waals surface area (Å²) in [5, 5.41) is 12.3. The van der Waals surface area contributed by atoms with Gasteiger partial charge in [-0.1, -0.05) is 18.2 Å². The zero-order valence-corrected chi connectivity index (χ0v) is 12.9. The first-order valence-corrected chi connectivity index (χ1v) is 8.10. The van der Waals surface area contributed by atoms with E-state index >= 15 is 0 Å². The Morgan fingerprint density at radius 1 is 1.22 bits per heavy atom. The number of rotatable bonds is 5. The molecule has 118 valence electrons. The zero-order chi connectivity index (χ0) is 15.5. The van der Waals surface area contributed by atoms with E-state index in [1.165, 1.54) is 6.42 Å². The Hall–Kier alpha value is -2.47. The summed E-state index contributed by atoms with van der Waals surface area (Å²) in [4.78, 5) is 8.79. The number of hydrogen-bond acceptors (Lipinski definition) is 5. The fourth-order valence-electron chi connectivity index (χ4n) is 3.10. The maximum Gasteiger partial charge on any atom is 0.168 e. The molecule has 23 heavy (non-hydrogen) atoms. The molecule has 1 saturated heterocycles. The molecule has 1 aliphatic heterocycles. The van der Waals surface area contributed by atoms with E-state index in [0.29, 0.717) is 0 Å². The van der Waals surface area contributed by atoms with Gasteiger partial charge in [0.1, 0.15) is 12.1 Å². The lowest BCUT2D eigenvalue weighted by molar-refractivity contribution is 0.549. The van der Waals surface area contributed by atoms with Crippen molar-refractivity contribution in [2.45, 2.75) is 12.8 Å². The average molecular weight is 308 g/mol. The first-order valence-electron chi connectivity index (χ1n) is 8.10. The summed E-state index contributed by atoms with van der Waals surface area (Å²) < 4.78 is 1.85. The van der Waals surface area contributed by atoms with Crippen LogP contribution in [-0.4, -0.2) is 39.4 Å². The molecule has 3 heterocycles. The highest BCUT2D eigenvalue weighted by Gasteiger charge is 2.15. The number of hydrogen-bond donors (Lipinski definition) is 2. The first-order chi connectivity index (χ1) is 11.4. The lowest BCUT2D eigenvalue weighted by Crippen LogP contribution is -2.13. The number of fused-ring (bicyclic) bond motifs is 1. The number of nitrogens with zero attached hydrogens (tertiary/aromatic N) is 4. The van der Waals surface area contributed by atoms with Crippen LogP contribution in [0.25, 0.3) is 16.7 Å². The van der Waals surface area contributed by atoms with Crippen LogP contribution in [0.2, 0.25) is 0 Å². The van der Waals surface area contributed by atoms with Gasteiger partial charge in [-0.3, -0.25) is 0 Å². The summed E-state index contributed by atoms with van der Waals surface area (Å²) in [7, 11) is 0. The van der Waals surface area contributed by atoms with Crippen LogP contribution in [0.3, 0.4) is 0 Å². The summed E-state index contributed by atoms with van der Waals surface area (Å²) in [5.74, 6) is 1.63. The number of aromatic nitrogens is 4. The summed E-state index contributed by atoms with van der Waals surface area (Å²) in [6.07, 6.45) is 5.86. The summed E-state index contributed by atoms with van der Waals surface area (Å²) in [6.45, 7) is 3.20. The fourth-order valence-corrected chi connectivity index (χ4v) is 3.10. The predicted octanol–water partition coefficient (Wildman–Crippen LogP) is 2.23. The van der Waals surface area contributed by atoms with E-state index in [2.05, 4.69) is 25.7 Å². The Morgan fingerprint density at radius 2 is 2.13 bits per heavy atom. The topological polar surface area (TPSA) is 67.7 Å². The van der Waals surface area contributed by atoms with Crippen molar-refractivity contribution in [2.24, 2.45) is 5.92 Å². The first kappa shape index (κ1) is 14.1. The minimum absolute atomic E-state index is 0.770. The molecule has 2 aromatic heterocycles. The third-order valence-corrected chi connectivity index (χ3v) is 4.37. The molecular formula is C17H20N6. The molecule has 1 atom stereocenters. The van der Waals surface area contributed by atoms with Gasteiger partial charge in [0.15, 0.2) is 5.65 Å². The van der Waals surface area contributed by atoms with Gasteiger partial charge in [0.25, 0.3) is 0 Å². The molecule has 6 heteroatoms. The highest BCUT2D eigenvalue weighted by molar-refractivity contribution is 5.87. The fraction of sp³-hybridized carbons (Fsp3) is 0.353. The minimum Gasteiger partial charge on any atom is -0.369 e. The highest BCUT2D eigenvalue weighted by atomic mass is 15.3. The van der Waals surface area contributed by atoms with Crippen molar-refractivity contribution in [3.8, 4) is 5.69 Å². The maximum atomic E-state index is 4.48. The molecule has 1 aliphatic rings. The normalized spacial score (nSPS) is 17.7. The van der Waals surface area contributed by atoms with Crippen molar-refractivity contribution in [1.29, 1.82) is 0 Å². The molecule has 0 amide bonds.